The number of thiocarbonyl (C=S) groups is 1. The molecule has 6 heteroatoms. The van der Waals surface area contributed by atoms with Crippen molar-refractivity contribution in [2.24, 2.45) is 0 Å². The van der Waals surface area contributed by atoms with Crippen LogP contribution in [0.25, 0.3) is 5.69 Å². The largest absolute Gasteiger partial charge is 0.376 e. The number of para-hydroxylation sites is 1. The van der Waals surface area contributed by atoms with Gasteiger partial charge in [0.15, 0.2) is 5.11 Å². The molecule has 2 fully saturated rings. The second-order valence-corrected chi connectivity index (χ2v) is 8.39. The highest BCUT2D eigenvalue weighted by atomic mass is 32.1. The maximum Gasteiger partial charge on any atom is 0.170 e. The van der Waals surface area contributed by atoms with Crippen LogP contribution in [0.1, 0.15) is 41.9 Å². The van der Waals surface area contributed by atoms with E-state index in [4.69, 9.17) is 17.0 Å². The molecule has 30 heavy (non-hydrogen) atoms. The molecule has 2 aliphatic rings. The number of pyridine rings is 1. The summed E-state index contributed by atoms with van der Waals surface area (Å²) < 4.78 is 8.24. The predicted molar refractivity (Wildman–Crippen MR) is 122 cm³/mol. The Labute approximate surface area is 182 Å². The molecule has 0 radical (unpaired) electrons. The summed E-state index contributed by atoms with van der Waals surface area (Å²) in [6, 6.07) is 18.9. The van der Waals surface area contributed by atoms with Crippen molar-refractivity contribution >= 4 is 17.3 Å². The van der Waals surface area contributed by atoms with Gasteiger partial charge < -0.3 is 19.5 Å². The molecular formula is C24H26N4OS. The SMILES string of the molecule is Cc1ccccc1-n1cccc1[C@H]1[C@H](c2ccccn2)NC(=S)N1C[C@@H]1CCCO1. The molecular weight excluding hydrogens is 392 g/mol. The first-order valence-corrected chi connectivity index (χ1v) is 11.0. The lowest BCUT2D eigenvalue weighted by atomic mass is 10.0. The van der Waals surface area contributed by atoms with Crippen LogP contribution >= 0.6 is 12.2 Å². The van der Waals surface area contributed by atoms with Gasteiger partial charge in [0.2, 0.25) is 0 Å². The molecule has 1 aromatic carbocycles. The maximum absolute atomic E-state index is 5.95. The average molecular weight is 419 g/mol. The Bertz CT molecular complexity index is 1030. The molecule has 0 spiro atoms. The van der Waals surface area contributed by atoms with E-state index in [1.807, 2.05) is 18.3 Å². The molecule has 2 saturated heterocycles. The normalized spacial score (nSPS) is 23.7. The molecule has 3 atom stereocenters. The lowest BCUT2D eigenvalue weighted by Gasteiger charge is -2.30. The molecule has 2 aliphatic heterocycles. The van der Waals surface area contributed by atoms with Gasteiger partial charge in [0.05, 0.1) is 23.9 Å². The third-order valence-corrected chi connectivity index (χ3v) is 6.43. The highest BCUT2D eigenvalue weighted by Gasteiger charge is 2.42. The van der Waals surface area contributed by atoms with E-state index in [2.05, 4.69) is 75.4 Å². The first kappa shape index (κ1) is 19.3. The standard InChI is InChI=1S/C24H26N4OS/c1-17-8-2-3-11-20(17)27-14-6-12-21(27)23-22(19-10-4-5-13-25-19)26-24(30)28(23)16-18-9-7-15-29-18/h2-6,8,10-14,18,22-23H,7,9,15-16H2,1H3,(H,26,30)/t18-,22-,23-/m0/s1. The molecule has 5 nitrogen and oxygen atoms in total. The van der Waals surface area contributed by atoms with Crippen molar-refractivity contribution in [2.45, 2.75) is 38.0 Å². The molecule has 1 N–H and O–H groups in total. The van der Waals surface area contributed by atoms with Crippen molar-refractivity contribution in [1.82, 2.24) is 19.8 Å². The topological polar surface area (TPSA) is 42.3 Å². The van der Waals surface area contributed by atoms with E-state index in [0.29, 0.717) is 0 Å². The number of ether oxygens (including phenoxy) is 1. The third kappa shape index (κ3) is 3.50. The second-order valence-electron chi connectivity index (χ2n) is 8.00. The summed E-state index contributed by atoms with van der Waals surface area (Å²) in [5.74, 6) is 0. The van der Waals surface area contributed by atoms with Crippen molar-refractivity contribution in [2.75, 3.05) is 13.2 Å². The van der Waals surface area contributed by atoms with Crippen molar-refractivity contribution in [3.05, 3.63) is 83.9 Å². The number of nitrogens with one attached hydrogen (secondary N) is 1. The number of aryl methyl sites for hydroxylation is 1. The Morgan fingerprint density at radius 2 is 2.00 bits per heavy atom. The summed E-state index contributed by atoms with van der Waals surface area (Å²) in [5.41, 5.74) is 4.62. The van der Waals surface area contributed by atoms with Crippen LogP contribution in [0.4, 0.5) is 0 Å². The molecule has 2 aromatic heterocycles. The number of aromatic nitrogens is 2. The third-order valence-electron chi connectivity index (χ3n) is 6.08. The zero-order chi connectivity index (χ0) is 20.5. The van der Waals surface area contributed by atoms with E-state index >= 15 is 0 Å². The maximum atomic E-state index is 5.95. The fourth-order valence-corrected chi connectivity index (χ4v) is 4.93. The zero-order valence-electron chi connectivity index (χ0n) is 17.1. The Morgan fingerprint density at radius 3 is 2.77 bits per heavy atom. The number of hydrogen-bond acceptors (Lipinski definition) is 3. The van der Waals surface area contributed by atoms with Crippen LogP contribution in [0.15, 0.2) is 67.0 Å². The highest BCUT2D eigenvalue weighted by molar-refractivity contribution is 7.80. The number of nitrogens with zero attached hydrogens (tertiary/aromatic N) is 3. The van der Waals surface area contributed by atoms with Gasteiger partial charge in [-0.3, -0.25) is 4.98 Å². The van der Waals surface area contributed by atoms with Gasteiger partial charge >= 0.3 is 0 Å². The first-order chi connectivity index (χ1) is 14.7. The van der Waals surface area contributed by atoms with Gasteiger partial charge in [-0.25, -0.2) is 0 Å². The van der Waals surface area contributed by atoms with Gasteiger partial charge in [-0.15, -0.1) is 0 Å². The highest BCUT2D eigenvalue weighted by Crippen LogP contribution is 2.40. The van der Waals surface area contributed by atoms with Crippen LogP contribution < -0.4 is 5.32 Å². The van der Waals surface area contributed by atoms with Crippen molar-refractivity contribution in [3.63, 3.8) is 0 Å². The molecule has 0 unspecified atom stereocenters. The molecule has 0 aliphatic carbocycles. The van der Waals surface area contributed by atoms with Gasteiger partial charge in [-0.1, -0.05) is 24.3 Å². The van der Waals surface area contributed by atoms with Crippen molar-refractivity contribution in [3.8, 4) is 5.69 Å². The molecule has 154 valence electrons. The summed E-state index contributed by atoms with van der Waals surface area (Å²) >= 11 is 5.81. The lowest BCUT2D eigenvalue weighted by Crippen LogP contribution is -2.36. The lowest BCUT2D eigenvalue weighted by molar-refractivity contribution is 0.0836. The van der Waals surface area contributed by atoms with E-state index in [-0.39, 0.29) is 18.2 Å². The van der Waals surface area contributed by atoms with Crippen LogP contribution in [0.3, 0.4) is 0 Å². The van der Waals surface area contributed by atoms with Crippen LogP contribution in [0.5, 0.6) is 0 Å². The van der Waals surface area contributed by atoms with E-state index in [9.17, 15) is 0 Å². The quantitative estimate of drug-likeness (QED) is 0.625. The monoisotopic (exact) mass is 418 g/mol. The van der Waals surface area contributed by atoms with Gasteiger partial charge in [-0.2, -0.15) is 0 Å². The van der Waals surface area contributed by atoms with Gasteiger partial charge in [0, 0.05) is 36.9 Å². The van der Waals surface area contributed by atoms with Crippen LogP contribution in [0, 0.1) is 6.92 Å². The summed E-state index contributed by atoms with van der Waals surface area (Å²) in [6.07, 6.45) is 6.40. The number of rotatable bonds is 5. The van der Waals surface area contributed by atoms with E-state index in [0.717, 1.165) is 36.8 Å². The van der Waals surface area contributed by atoms with Crippen LogP contribution in [-0.4, -0.2) is 38.8 Å². The van der Waals surface area contributed by atoms with Crippen molar-refractivity contribution in [1.29, 1.82) is 0 Å². The molecule has 0 amide bonds. The second kappa shape index (κ2) is 8.20. The van der Waals surface area contributed by atoms with E-state index in [1.165, 1.54) is 16.9 Å². The zero-order valence-corrected chi connectivity index (χ0v) is 17.9. The number of hydrogen-bond donors (Lipinski definition) is 1. The minimum atomic E-state index is -0.0160. The van der Waals surface area contributed by atoms with Crippen molar-refractivity contribution < 1.29 is 4.74 Å². The fraction of sp³-hybridized carbons (Fsp3) is 0.333. The molecule has 0 saturated carbocycles. The predicted octanol–water partition coefficient (Wildman–Crippen LogP) is 4.33. The van der Waals surface area contributed by atoms with E-state index in [1.54, 1.807) is 0 Å². The summed E-state index contributed by atoms with van der Waals surface area (Å²) in [5, 5.41) is 4.32. The molecule has 3 aromatic rings. The Morgan fingerprint density at radius 1 is 1.13 bits per heavy atom. The molecule has 5 rings (SSSR count). The van der Waals surface area contributed by atoms with Crippen LogP contribution in [-0.2, 0) is 4.74 Å². The first-order valence-electron chi connectivity index (χ1n) is 10.6. The summed E-state index contributed by atoms with van der Waals surface area (Å²) in [7, 11) is 0. The minimum absolute atomic E-state index is 0.0160. The van der Waals surface area contributed by atoms with E-state index < -0.39 is 0 Å². The van der Waals surface area contributed by atoms with Gasteiger partial charge in [-0.05, 0) is 67.9 Å². The van der Waals surface area contributed by atoms with Gasteiger partial charge in [0.1, 0.15) is 0 Å². The van der Waals surface area contributed by atoms with Gasteiger partial charge in [0.25, 0.3) is 0 Å². The summed E-state index contributed by atoms with van der Waals surface area (Å²) in [6.45, 7) is 3.78. The van der Waals surface area contributed by atoms with Crippen LogP contribution in [0.2, 0.25) is 0 Å². The fourth-order valence-electron chi connectivity index (χ4n) is 4.62. The Hall–Kier alpha value is -2.70. The minimum Gasteiger partial charge on any atom is -0.376 e. The molecule has 0 bridgehead atoms. The average Bonchev–Trinajstić information content (AvgIpc) is 3.51. The Balaban J connectivity index is 1.58. The summed E-state index contributed by atoms with van der Waals surface area (Å²) in [4.78, 5) is 6.95. The Kier molecular flexibility index (Phi) is 5.27. The molecule has 4 heterocycles. The number of benzene rings is 1. The smallest absolute Gasteiger partial charge is 0.170 e.